The fourth-order valence-corrected chi connectivity index (χ4v) is 5.51. The van der Waals surface area contributed by atoms with E-state index in [2.05, 4.69) is 33.9 Å². The minimum absolute atomic E-state index is 0.0289. The van der Waals surface area contributed by atoms with Gasteiger partial charge in [0.1, 0.15) is 0 Å². The maximum atomic E-state index is 12.8. The predicted octanol–water partition coefficient (Wildman–Crippen LogP) is 3.09. The lowest BCUT2D eigenvalue weighted by Crippen LogP contribution is -2.59. The molecule has 0 bridgehead atoms. The van der Waals surface area contributed by atoms with Crippen LogP contribution in [0, 0.1) is 6.92 Å². The molecule has 1 N–H and O–H groups in total. The van der Waals surface area contributed by atoms with Crippen molar-refractivity contribution in [1.82, 2.24) is 4.31 Å². The minimum Gasteiger partial charge on any atom is -0.478 e. The third kappa shape index (κ3) is 3.97. The van der Waals surface area contributed by atoms with Gasteiger partial charge in [-0.25, -0.2) is 13.2 Å². The van der Waals surface area contributed by atoms with Crippen LogP contribution in [-0.2, 0) is 14.4 Å². The maximum Gasteiger partial charge on any atom is 0.335 e. The Morgan fingerprint density at radius 1 is 1.28 bits per heavy atom. The summed E-state index contributed by atoms with van der Waals surface area (Å²) in [4.78, 5) is 11.2. The summed E-state index contributed by atoms with van der Waals surface area (Å²) in [6, 6.07) is 4.17. The van der Waals surface area contributed by atoms with Gasteiger partial charge in [-0.2, -0.15) is 4.31 Å². The Labute approximate surface area is 151 Å². The topological polar surface area (TPSA) is 83.9 Å². The second-order valence-corrected chi connectivity index (χ2v) is 14.8. The number of nitrogens with zero attached hydrogens (tertiary/aromatic N) is 1. The summed E-state index contributed by atoms with van der Waals surface area (Å²) in [6.45, 7) is 13.0. The van der Waals surface area contributed by atoms with Gasteiger partial charge in [0.2, 0.25) is 10.0 Å². The highest BCUT2D eigenvalue weighted by Gasteiger charge is 2.45. The van der Waals surface area contributed by atoms with Crippen LogP contribution in [0.15, 0.2) is 23.1 Å². The van der Waals surface area contributed by atoms with Gasteiger partial charge in [0.05, 0.1) is 16.6 Å². The number of aromatic carboxylic acids is 1. The average Bonchev–Trinajstić information content (AvgIpc) is 2.40. The Kier molecular flexibility index (Phi) is 5.22. The lowest BCUT2D eigenvalue weighted by molar-refractivity contribution is 0.0637. The van der Waals surface area contributed by atoms with Crippen molar-refractivity contribution in [3.05, 3.63) is 29.3 Å². The fourth-order valence-electron chi connectivity index (χ4n) is 2.42. The number of carboxylic acid groups (broad SMARTS) is 1. The van der Waals surface area contributed by atoms with E-state index < -0.39 is 24.3 Å². The fraction of sp³-hybridized carbons (Fsp3) is 0.588. The first kappa shape index (κ1) is 20.1. The molecule has 0 unspecified atom stereocenters. The normalized spacial score (nSPS) is 17.4. The molecule has 1 aromatic carbocycles. The first-order valence-corrected chi connectivity index (χ1v) is 12.6. The van der Waals surface area contributed by atoms with Gasteiger partial charge in [-0.05, 0) is 42.8 Å². The number of rotatable bonds is 5. The maximum absolute atomic E-state index is 12.8. The van der Waals surface area contributed by atoms with Crippen LogP contribution in [-0.4, -0.2) is 51.3 Å². The van der Waals surface area contributed by atoms with Gasteiger partial charge >= 0.3 is 5.97 Å². The summed E-state index contributed by atoms with van der Waals surface area (Å²) in [5.74, 6) is -1.14. The number of carbonyl (C=O) groups is 1. The molecule has 2 rings (SSSR count). The van der Waals surface area contributed by atoms with E-state index in [4.69, 9.17) is 9.53 Å². The van der Waals surface area contributed by atoms with E-state index in [0.717, 1.165) is 0 Å². The van der Waals surface area contributed by atoms with Crippen LogP contribution >= 0.6 is 0 Å². The van der Waals surface area contributed by atoms with Crippen LogP contribution in [0.2, 0.25) is 18.1 Å². The molecule has 1 aliphatic rings. The smallest absolute Gasteiger partial charge is 0.335 e. The predicted molar refractivity (Wildman–Crippen MR) is 99.0 cm³/mol. The van der Waals surface area contributed by atoms with Crippen LogP contribution < -0.4 is 0 Å². The van der Waals surface area contributed by atoms with Crippen LogP contribution in [0.25, 0.3) is 0 Å². The first-order valence-electron chi connectivity index (χ1n) is 8.27. The second-order valence-electron chi connectivity index (χ2n) is 8.11. The van der Waals surface area contributed by atoms with Crippen molar-refractivity contribution in [1.29, 1.82) is 0 Å². The van der Waals surface area contributed by atoms with E-state index in [1.54, 1.807) is 6.92 Å². The number of aryl methyl sites for hydroxylation is 1. The molecule has 1 aromatic rings. The molecule has 0 aliphatic carbocycles. The third-order valence-electron chi connectivity index (χ3n) is 5.13. The zero-order valence-electron chi connectivity index (χ0n) is 15.7. The van der Waals surface area contributed by atoms with E-state index in [9.17, 15) is 13.2 Å². The zero-order chi connectivity index (χ0) is 19.2. The Morgan fingerprint density at radius 3 is 2.32 bits per heavy atom. The van der Waals surface area contributed by atoms with Crippen molar-refractivity contribution in [2.75, 3.05) is 13.1 Å². The molecule has 1 saturated heterocycles. The minimum atomic E-state index is -3.71. The highest BCUT2D eigenvalue weighted by Crippen LogP contribution is 2.39. The number of hydrogen-bond donors (Lipinski definition) is 1. The van der Waals surface area contributed by atoms with E-state index in [1.807, 2.05) is 0 Å². The molecule has 6 nitrogen and oxygen atoms in total. The molecule has 1 aliphatic heterocycles. The van der Waals surface area contributed by atoms with Gasteiger partial charge in [-0.15, -0.1) is 0 Å². The Morgan fingerprint density at radius 2 is 1.84 bits per heavy atom. The summed E-state index contributed by atoms with van der Waals surface area (Å²) >= 11 is 0. The Bertz CT molecular complexity index is 777. The SMILES string of the molecule is Cc1ccc(C(=O)O)cc1S(=O)(=O)N1CC(O[Si](C)(C)C(C)(C)C)C1. The number of sulfonamides is 1. The highest BCUT2D eigenvalue weighted by atomic mass is 32.2. The molecular weight excluding hydrogens is 358 g/mol. The lowest BCUT2D eigenvalue weighted by atomic mass is 10.1. The molecule has 0 spiro atoms. The van der Waals surface area contributed by atoms with Gasteiger partial charge in [0.15, 0.2) is 8.32 Å². The van der Waals surface area contributed by atoms with Gasteiger partial charge in [-0.3, -0.25) is 0 Å². The van der Waals surface area contributed by atoms with Gasteiger partial charge in [-0.1, -0.05) is 26.8 Å². The second kappa shape index (κ2) is 6.50. The molecule has 0 saturated carbocycles. The number of carboxylic acids is 1. The highest BCUT2D eigenvalue weighted by molar-refractivity contribution is 7.89. The quantitative estimate of drug-likeness (QED) is 0.788. The molecule has 0 amide bonds. The van der Waals surface area contributed by atoms with Crippen LogP contribution in [0.1, 0.15) is 36.7 Å². The number of hydrogen-bond acceptors (Lipinski definition) is 4. The largest absolute Gasteiger partial charge is 0.478 e. The average molecular weight is 386 g/mol. The molecule has 0 aromatic heterocycles. The first-order chi connectivity index (χ1) is 11.3. The van der Waals surface area contributed by atoms with Crippen LogP contribution in [0.3, 0.4) is 0 Å². The van der Waals surface area contributed by atoms with Crippen molar-refractivity contribution >= 4 is 24.3 Å². The van der Waals surface area contributed by atoms with Gasteiger partial charge < -0.3 is 9.53 Å². The molecule has 0 radical (unpaired) electrons. The van der Waals surface area contributed by atoms with E-state index >= 15 is 0 Å². The summed E-state index contributed by atoms with van der Waals surface area (Å²) in [7, 11) is -5.65. The van der Waals surface area contributed by atoms with Crippen molar-refractivity contribution in [2.45, 2.75) is 56.8 Å². The van der Waals surface area contributed by atoms with Crippen molar-refractivity contribution in [3.63, 3.8) is 0 Å². The lowest BCUT2D eigenvalue weighted by Gasteiger charge is -2.45. The van der Waals surface area contributed by atoms with Crippen LogP contribution in [0.5, 0.6) is 0 Å². The Balaban J connectivity index is 2.14. The zero-order valence-corrected chi connectivity index (χ0v) is 17.5. The van der Waals surface area contributed by atoms with Gasteiger partial charge in [0.25, 0.3) is 0 Å². The molecular formula is C17H27NO5SSi. The summed E-state index contributed by atoms with van der Waals surface area (Å²) in [5.41, 5.74) is 0.512. The molecule has 0 atom stereocenters. The molecule has 140 valence electrons. The number of benzene rings is 1. The van der Waals surface area contributed by atoms with E-state index in [-0.39, 0.29) is 21.6 Å². The summed E-state index contributed by atoms with van der Waals surface area (Å²) in [6.07, 6.45) is -0.0985. The third-order valence-corrected chi connectivity index (χ3v) is 11.6. The van der Waals surface area contributed by atoms with Crippen LogP contribution in [0.4, 0.5) is 0 Å². The van der Waals surface area contributed by atoms with Crippen molar-refractivity contribution in [2.24, 2.45) is 0 Å². The Hall–Kier alpha value is -1.22. The van der Waals surface area contributed by atoms with Gasteiger partial charge in [0, 0.05) is 13.1 Å². The molecule has 8 heteroatoms. The summed E-state index contributed by atoms with van der Waals surface area (Å²) < 4.78 is 33.2. The molecule has 1 fully saturated rings. The summed E-state index contributed by atoms with van der Waals surface area (Å²) in [5, 5.41) is 9.17. The van der Waals surface area contributed by atoms with E-state index in [1.165, 1.54) is 22.5 Å². The van der Waals surface area contributed by atoms with Crippen molar-refractivity contribution < 1.29 is 22.7 Å². The monoisotopic (exact) mass is 385 g/mol. The molecule has 25 heavy (non-hydrogen) atoms. The van der Waals surface area contributed by atoms with E-state index in [0.29, 0.717) is 18.7 Å². The van der Waals surface area contributed by atoms with Crippen molar-refractivity contribution in [3.8, 4) is 0 Å². The standard InChI is InChI=1S/C17H27NO5SSi/c1-12-7-8-13(16(19)20)9-15(12)24(21,22)18-10-14(11-18)23-25(5,6)17(2,3)4/h7-9,14H,10-11H2,1-6H3,(H,19,20). The molecule has 1 heterocycles.